The highest BCUT2D eigenvalue weighted by Crippen LogP contribution is 2.30. The van der Waals surface area contributed by atoms with Gasteiger partial charge in [0.1, 0.15) is 17.2 Å². The third-order valence-corrected chi connectivity index (χ3v) is 5.45. The number of fused-ring (bicyclic) bond motifs is 3. The number of rotatable bonds is 4. The fraction of sp³-hybridized carbons (Fsp3) is 0.0455. The standard InChI is InChI=1S/C22H15Cl2N5O/c23-13-7-4-8-14(24)19(13)25-11-17-26-16-10-9-15-18(20(16)28-17)22(30)29-21(27-15)12-5-2-1-3-6-12/h1-10,25H,11H2,(H,26,28)(H,27,29,30). The highest BCUT2D eigenvalue weighted by Gasteiger charge is 2.13. The summed E-state index contributed by atoms with van der Waals surface area (Å²) >= 11 is 12.4. The average molecular weight is 436 g/mol. The number of H-pyrrole nitrogens is 2. The smallest absolute Gasteiger partial charge is 0.261 e. The Kier molecular flexibility index (Phi) is 4.65. The molecule has 0 unspecified atom stereocenters. The number of nitrogens with one attached hydrogen (secondary N) is 3. The number of para-hydroxylation sites is 1. The lowest BCUT2D eigenvalue weighted by molar-refractivity contribution is 1.01. The molecule has 3 aromatic carbocycles. The number of hydrogen-bond acceptors (Lipinski definition) is 4. The van der Waals surface area contributed by atoms with E-state index in [4.69, 9.17) is 23.2 Å². The molecule has 0 radical (unpaired) electrons. The average Bonchev–Trinajstić information content (AvgIpc) is 3.17. The first-order valence-corrected chi connectivity index (χ1v) is 10.0. The molecule has 0 aliphatic carbocycles. The van der Waals surface area contributed by atoms with Gasteiger partial charge < -0.3 is 15.3 Å². The molecule has 0 aliphatic heterocycles. The van der Waals surface area contributed by atoms with Gasteiger partial charge in [0.15, 0.2) is 0 Å². The summed E-state index contributed by atoms with van der Waals surface area (Å²) in [5, 5.41) is 4.69. The quantitative estimate of drug-likeness (QED) is 0.353. The van der Waals surface area contributed by atoms with E-state index < -0.39 is 0 Å². The van der Waals surface area contributed by atoms with E-state index in [1.165, 1.54) is 0 Å². The molecule has 0 spiro atoms. The van der Waals surface area contributed by atoms with Crippen LogP contribution in [0.15, 0.2) is 65.5 Å². The first kappa shape index (κ1) is 18.7. The van der Waals surface area contributed by atoms with Crippen molar-refractivity contribution in [3.05, 3.63) is 86.9 Å². The number of nitrogens with zero attached hydrogens (tertiary/aromatic N) is 2. The Morgan fingerprint density at radius 3 is 2.40 bits per heavy atom. The summed E-state index contributed by atoms with van der Waals surface area (Å²) in [4.78, 5) is 28.2. The van der Waals surface area contributed by atoms with E-state index in [9.17, 15) is 4.79 Å². The van der Waals surface area contributed by atoms with Gasteiger partial charge in [0.2, 0.25) is 0 Å². The summed E-state index contributed by atoms with van der Waals surface area (Å²) < 4.78 is 0. The summed E-state index contributed by atoms with van der Waals surface area (Å²) in [5.74, 6) is 1.18. The topological polar surface area (TPSA) is 86.5 Å². The van der Waals surface area contributed by atoms with Crippen LogP contribution in [0.1, 0.15) is 5.82 Å². The highest BCUT2D eigenvalue weighted by atomic mass is 35.5. The lowest BCUT2D eigenvalue weighted by atomic mass is 10.1. The first-order valence-electron chi connectivity index (χ1n) is 9.25. The van der Waals surface area contributed by atoms with Gasteiger partial charge in [-0.3, -0.25) is 4.79 Å². The van der Waals surface area contributed by atoms with Crippen molar-refractivity contribution in [1.29, 1.82) is 0 Å². The summed E-state index contributed by atoms with van der Waals surface area (Å²) in [6, 6.07) is 18.5. The fourth-order valence-electron chi connectivity index (χ4n) is 3.41. The Labute approximate surface area is 180 Å². The van der Waals surface area contributed by atoms with Crippen molar-refractivity contribution < 1.29 is 0 Å². The summed E-state index contributed by atoms with van der Waals surface area (Å²) in [5.41, 5.74) is 3.17. The van der Waals surface area contributed by atoms with Gasteiger partial charge >= 0.3 is 0 Å². The molecule has 5 aromatic rings. The molecular formula is C22H15Cl2N5O. The number of aromatic nitrogens is 4. The zero-order valence-corrected chi connectivity index (χ0v) is 17.1. The number of benzene rings is 3. The molecule has 3 N–H and O–H groups in total. The molecule has 0 atom stereocenters. The monoisotopic (exact) mass is 435 g/mol. The molecular weight excluding hydrogens is 421 g/mol. The molecule has 30 heavy (non-hydrogen) atoms. The number of halogens is 2. The minimum Gasteiger partial charge on any atom is -0.375 e. The van der Waals surface area contributed by atoms with Gasteiger partial charge in [-0.25, -0.2) is 9.97 Å². The van der Waals surface area contributed by atoms with Gasteiger partial charge in [-0.15, -0.1) is 0 Å². The number of hydrogen-bond donors (Lipinski definition) is 3. The van der Waals surface area contributed by atoms with Crippen molar-refractivity contribution in [2.45, 2.75) is 6.54 Å². The molecule has 6 nitrogen and oxygen atoms in total. The molecule has 0 aliphatic rings. The predicted molar refractivity (Wildman–Crippen MR) is 121 cm³/mol. The third kappa shape index (κ3) is 3.30. The summed E-state index contributed by atoms with van der Waals surface area (Å²) in [7, 11) is 0. The second-order valence-electron chi connectivity index (χ2n) is 6.77. The number of imidazole rings is 1. The molecule has 0 bridgehead atoms. The van der Waals surface area contributed by atoms with Crippen LogP contribution in [0.25, 0.3) is 33.3 Å². The van der Waals surface area contributed by atoms with Gasteiger partial charge in [0.25, 0.3) is 5.56 Å². The lowest BCUT2D eigenvalue weighted by Crippen LogP contribution is -2.10. The third-order valence-electron chi connectivity index (χ3n) is 4.82. The van der Waals surface area contributed by atoms with E-state index >= 15 is 0 Å². The highest BCUT2D eigenvalue weighted by molar-refractivity contribution is 6.39. The summed E-state index contributed by atoms with van der Waals surface area (Å²) in [6.45, 7) is 0.368. The van der Waals surface area contributed by atoms with Crippen LogP contribution < -0.4 is 10.9 Å². The van der Waals surface area contributed by atoms with Gasteiger partial charge in [-0.1, -0.05) is 59.6 Å². The zero-order valence-electron chi connectivity index (χ0n) is 15.5. The van der Waals surface area contributed by atoms with Crippen LogP contribution in [0.5, 0.6) is 0 Å². The lowest BCUT2D eigenvalue weighted by Gasteiger charge is -2.08. The maximum absolute atomic E-state index is 12.9. The SMILES string of the molecule is O=c1[nH]c(-c2ccccc2)nc2ccc3[nH]c(CNc4c(Cl)cccc4Cl)nc3c12. The van der Waals surface area contributed by atoms with E-state index in [-0.39, 0.29) is 5.56 Å². The molecule has 2 aromatic heterocycles. The zero-order chi connectivity index (χ0) is 20.7. The van der Waals surface area contributed by atoms with Gasteiger partial charge in [-0.2, -0.15) is 0 Å². The van der Waals surface area contributed by atoms with Crippen molar-refractivity contribution in [3.63, 3.8) is 0 Å². The second-order valence-corrected chi connectivity index (χ2v) is 7.58. The minimum atomic E-state index is -0.232. The van der Waals surface area contributed by atoms with Gasteiger partial charge in [0.05, 0.1) is 38.7 Å². The Morgan fingerprint density at radius 2 is 1.63 bits per heavy atom. The van der Waals surface area contributed by atoms with Crippen LogP contribution in [-0.4, -0.2) is 19.9 Å². The van der Waals surface area contributed by atoms with Crippen molar-refractivity contribution in [2.75, 3.05) is 5.32 Å². The molecule has 8 heteroatoms. The van der Waals surface area contributed by atoms with Crippen LogP contribution in [0.4, 0.5) is 5.69 Å². The Morgan fingerprint density at radius 1 is 0.867 bits per heavy atom. The molecule has 0 amide bonds. The fourth-order valence-corrected chi connectivity index (χ4v) is 3.94. The van der Waals surface area contributed by atoms with E-state index in [0.717, 1.165) is 11.1 Å². The Bertz CT molecular complexity index is 1420. The van der Waals surface area contributed by atoms with E-state index in [0.29, 0.717) is 50.3 Å². The second kappa shape index (κ2) is 7.48. The van der Waals surface area contributed by atoms with E-state index in [1.807, 2.05) is 42.5 Å². The predicted octanol–water partition coefficient (Wildman–Crippen LogP) is 5.39. The van der Waals surface area contributed by atoms with Crippen molar-refractivity contribution >= 4 is 50.8 Å². The van der Waals surface area contributed by atoms with Gasteiger partial charge in [-0.05, 0) is 24.3 Å². The normalized spacial score (nSPS) is 11.3. The van der Waals surface area contributed by atoms with Crippen LogP contribution in [0.2, 0.25) is 10.0 Å². The minimum absolute atomic E-state index is 0.232. The maximum Gasteiger partial charge on any atom is 0.261 e. The van der Waals surface area contributed by atoms with Crippen LogP contribution in [-0.2, 0) is 6.54 Å². The van der Waals surface area contributed by atoms with Crippen molar-refractivity contribution in [3.8, 4) is 11.4 Å². The van der Waals surface area contributed by atoms with Gasteiger partial charge in [0, 0.05) is 5.56 Å². The van der Waals surface area contributed by atoms with Crippen molar-refractivity contribution in [1.82, 2.24) is 19.9 Å². The number of anilines is 1. The Balaban J connectivity index is 1.54. The number of aromatic amines is 2. The first-order chi connectivity index (χ1) is 14.6. The molecule has 148 valence electrons. The summed E-state index contributed by atoms with van der Waals surface area (Å²) in [6.07, 6.45) is 0. The van der Waals surface area contributed by atoms with E-state index in [1.54, 1.807) is 18.2 Å². The molecule has 0 fully saturated rings. The largest absolute Gasteiger partial charge is 0.375 e. The maximum atomic E-state index is 12.9. The van der Waals surface area contributed by atoms with Crippen LogP contribution in [0.3, 0.4) is 0 Å². The van der Waals surface area contributed by atoms with Crippen molar-refractivity contribution in [2.24, 2.45) is 0 Å². The van der Waals surface area contributed by atoms with Crippen LogP contribution in [0, 0.1) is 0 Å². The molecule has 5 rings (SSSR count). The molecule has 2 heterocycles. The molecule has 0 saturated heterocycles. The Hall–Kier alpha value is -3.35. The van der Waals surface area contributed by atoms with E-state index in [2.05, 4.69) is 25.3 Å². The molecule has 0 saturated carbocycles. The van der Waals surface area contributed by atoms with Crippen LogP contribution >= 0.6 is 23.2 Å².